The lowest BCUT2D eigenvalue weighted by molar-refractivity contribution is -0.190. The first-order chi connectivity index (χ1) is 12.5. The van der Waals surface area contributed by atoms with Crippen molar-refractivity contribution in [2.24, 2.45) is 0 Å². The van der Waals surface area contributed by atoms with Crippen LogP contribution < -0.4 is 5.32 Å². The first kappa shape index (κ1) is 20.8. The van der Waals surface area contributed by atoms with E-state index in [1.54, 1.807) is 0 Å². The molecule has 4 amide bonds. The van der Waals surface area contributed by atoms with Crippen LogP contribution in [0.15, 0.2) is 0 Å². The number of nitrogens with zero attached hydrogens (tertiary/aromatic N) is 1. The third kappa shape index (κ3) is 3.81. The number of carbonyl (C=O) groups is 6. The van der Waals surface area contributed by atoms with E-state index in [-0.39, 0.29) is 10.9 Å². The molecule has 2 saturated heterocycles. The van der Waals surface area contributed by atoms with Gasteiger partial charge in [-0.05, 0) is 0 Å². The highest BCUT2D eigenvalue weighted by atomic mass is 32.2. The van der Waals surface area contributed by atoms with Gasteiger partial charge in [0.05, 0.1) is 0 Å². The SMILES string of the molecule is CC(=O)O[C@H]1[C@H](CSC(C)=O)O[C@]2(C(=O)NC(=O)N2C(C)=O)[C@@H]1OC(C)=O. The molecule has 2 fully saturated rings. The third-order valence-corrected chi connectivity index (χ3v) is 4.73. The van der Waals surface area contributed by atoms with Crippen molar-refractivity contribution in [1.82, 2.24) is 10.2 Å². The second kappa shape index (κ2) is 7.64. The Hall–Kier alpha value is -2.47. The fourth-order valence-electron chi connectivity index (χ4n) is 3.00. The number of esters is 2. The lowest BCUT2D eigenvalue weighted by Gasteiger charge is -2.33. The van der Waals surface area contributed by atoms with E-state index in [0.717, 1.165) is 32.5 Å². The first-order valence-electron chi connectivity index (χ1n) is 7.82. The molecule has 0 bridgehead atoms. The Kier molecular flexibility index (Phi) is 5.90. The number of hydrogen-bond acceptors (Lipinski definition) is 10. The molecular formula is C15H18N2O9S. The molecule has 12 heteroatoms. The molecule has 0 unspecified atom stereocenters. The summed E-state index contributed by atoms with van der Waals surface area (Å²) in [4.78, 5) is 71.6. The second-order valence-electron chi connectivity index (χ2n) is 5.87. The van der Waals surface area contributed by atoms with Crippen molar-refractivity contribution < 1.29 is 43.0 Å². The Bertz CT molecular complexity index is 724. The Morgan fingerprint density at radius 1 is 1.11 bits per heavy atom. The van der Waals surface area contributed by atoms with E-state index >= 15 is 0 Å². The Morgan fingerprint density at radius 2 is 1.70 bits per heavy atom. The summed E-state index contributed by atoms with van der Waals surface area (Å²) in [7, 11) is 0. The highest BCUT2D eigenvalue weighted by molar-refractivity contribution is 8.13. The molecule has 0 aliphatic carbocycles. The third-order valence-electron chi connectivity index (χ3n) is 3.82. The summed E-state index contributed by atoms with van der Waals surface area (Å²) in [5, 5.41) is 1.66. The summed E-state index contributed by atoms with van der Waals surface area (Å²) in [6.45, 7) is 4.45. The minimum Gasteiger partial charge on any atom is -0.456 e. The number of imide groups is 2. The van der Waals surface area contributed by atoms with Crippen molar-refractivity contribution in [2.75, 3.05) is 5.75 Å². The van der Waals surface area contributed by atoms with Crippen molar-refractivity contribution >= 4 is 46.7 Å². The van der Waals surface area contributed by atoms with Crippen LogP contribution in [0.4, 0.5) is 4.79 Å². The molecule has 0 saturated carbocycles. The molecule has 2 heterocycles. The van der Waals surface area contributed by atoms with Gasteiger partial charge in [0.15, 0.2) is 17.3 Å². The smallest absolute Gasteiger partial charge is 0.333 e. The van der Waals surface area contributed by atoms with Gasteiger partial charge in [0.1, 0.15) is 6.10 Å². The number of thioether (sulfide) groups is 1. The van der Waals surface area contributed by atoms with Crippen molar-refractivity contribution in [3.8, 4) is 0 Å². The highest BCUT2D eigenvalue weighted by Crippen LogP contribution is 2.42. The molecule has 11 nitrogen and oxygen atoms in total. The van der Waals surface area contributed by atoms with E-state index in [9.17, 15) is 28.8 Å². The molecule has 0 aromatic carbocycles. The summed E-state index contributed by atoms with van der Waals surface area (Å²) in [6, 6.07) is -1.06. The van der Waals surface area contributed by atoms with Crippen LogP contribution in [0.5, 0.6) is 0 Å². The number of hydrogen-bond donors (Lipinski definition) is 1. The number of carbonyl (C=O) groups excluding carboxylic acids is 6. The molecule has 1 spiro atoms. The van der Waals surface area contributed by atoms with Crippen LogP contribution >= 0.6 is 11.8 Å². The number of amides is 4. The van der Waals surface area contributed by atoms with Crippen molar-refractivity contribution in [3.63, 3.8) is 0 Å². The zero-order valence-corrected chi connectivity index (χ0v) is 15.8. The summed E-state index contributed by atoms with van der Waals surface area (Å²) < 4.78 is 16.0. The molecule has 0 aromatic heterocycles. The lowest BCUT2D eigenvalue weighted by Crippen LogP contribution is -2.61. The zero-order valence-electron chi connectivity index (χ0n) is 15.0. The van der Waals surface area contributed by atoms with Crippen LogP contribution in [0.25, 0.3) is 0 Å². The maximum atomic E-state index is 12.6. The van der Waals surface area contributed by atoms with Crippen molar-refractivity contribution in [3.05, 3.63) is 0 Å². The Balaban J connectivity index is 2.56. The van der Waals surface area contributed by atoms with Gasteiger partial charge in [0, 0.05) is 33.4 Å². The van der Waals surface area contributed by atoms with Gasteiger partial charge in [0.2, 0.25) is 5.91 Å². The largest absolute Gasteiger partial charge is 0.456 e. The minimum atomic E-state index is -2.34. The fourth-order valence-corrected chi connectivity index (χ4v) is 3.66. The number of rotatable bonds is 4. The summed E-state index contributed by atoms with van der Waals surface area (Å²) in [5.74, 6) is -3.58. The van der Waals surface area contributed by atoms with Gasteiger partial charge in [-0.15, -0.1) is 0 Å². The number of ether oxygens (including phenoxy) is 3. The molecule has 4 atom stereocenters. The maximum Gasteiger partial charge on any atom is 0.333 e. The highest BCUT2D eigenvalue weighted by Gasteiger charge is 2.71. The standard InChI is InChI=1S/C15H18N2O9S/c1-6(18)17-14(23)16-13(22)15(17)12(25-8(3)20)11(24-7(2)19)10(26-15)5-27-9(4)21/h10-12H,5H2,1-4H3,(H,16,22,23)/t10-,11-,12+,15-/m0/s1. The van der Waals surface area contributed by atoms with Gasteiger partial charge in [-0.2, -0.15) is 0 Å². The van der Waals surface area contributed by atoms with E-state index in [0.29, 0.717) is 4.90 Å². The van der Waals surface area contributed by atoms with Crippen molar-refractivity contribution in [1.29, 1.82) is 0 Å². The van der Waals surface area contributed by atoms with Gasteiger partial charge < -0.3 is 14.2 Å². The first-order valence-corrected chi connectivity index (χ1v) is 8.81. The van der Waals surface area contributed by atoms with Gasteiger partial charge in [-0.3, -0.25) is 29.3 Å². The molecule has 2 aliphatic heterocycles. The van der Waals surface area contributed by atoms with Gasteiger partial charge in [0.25, 0.3) is 11.6 Å². The van der Waals surface area contributed by atoms with Crippen LogP contribution in [0.2, 0.25) is 0 Å². The summed E-state index contributed by atoms with van der Waals surface area (Å²) in [5.41, 5.74) is -2.34. The fraction of sp³-hybridized carbons (Fsp3) is 0.600. The molecule has 1 N–H and O–H groups in total. The van der Waals surface area contributed by atoms with E-state index in [1.807, 2.05) is 5.32 Å². The summed E-state index contributed by atoms with van der Waals surface area (Å²) >= 11 is 0.818. The van der Waals surface area contributed by atoms with Crippen LogP contribution in [0, 0.1) is 0 Å². The quantitative estimate of drug-likeness (QED) is 0.474. The van der Waals surface area contributed by atoms with Gasteiger partial charge in [-0.25, -0.2) is 9.69 Å². The van der Waals surface area contributed by atoms with E-state index in [2.05, 4.69) is 0 Å². The van der Waals surface area contributed by atoms with Crippen LogP contribution in [-0.4, -0.2) is 69.6 Å². The average molecular weight is 402 g/mol. The predicted octanol–water partition coefficient (Wildman–Crippen LogP) is -0.677. The molecule has 0 radical (unpaired) electrons. The van der Waals surface area contributed by atoms with Crippen LogP contribution in [-0.2, 0) is 38.2 Å². The minimum absolute atomic E-state index is 0.0694. The molecule has 2 aliphatic rings. The zero-order chi connectivity index (χ0) is 20.5. The average Bonchev–Trinajstić information content (AvgIpc) is 2.93. The monoisotopic (exact) mass is 402 g/mol. The molecule has 2 rings (SSSR count). The number of urea groups is 1. The van der Waals surface area contributed by atoms with E-state index < -0.39 is 53.8 Å². The Labute approximate surface area is 158 Å². The molecule has 27 heavy (non-hydrogen) atoms. The van der Waals surface area contributed by atoms with Gasteiger partial charge in [-0.1, -0.05) is 11.8 Å². The normalized spacial score (nSPS) is 29.6. The molecule has 0 aromatic rings. The van der Waals surface area contributed by atoms with E-state index in [4.69, 9.17) is 14.2 Å². The lowest BCUT2D eigenvalue weighted by atomic mass is 10.0. The van der Waals surface area contributed by atoms with Crippen LogP contribution in [0.3, 0.4) is 0 Å². The summed E-state index contributed by atoms with van der Waals surface area (Å²) in [6.07, 6.45) is -4.03. The predicted molar refractivity (Wildman–Crippen MR) is 87.9 cm³/mol. The molecule has 148 valence electrons. The Morgan fingerprint density at radius 3 is 2.19 bits per heavy atom. The van der Waals surface area contributed by atoms with E-state index in [1.165, 1.54) is 6.92 Å². The molecular weight excluding hydrogens is 384 g/mol. The topological polar surface area (TPSA) is 145 Å². The van der Waals surface area contributed by atoms with Gasteiger partial charge >= 0.3 is 18.0 Å². The maximum absolute atomic E-state index is 12.6. The van der Waals surface area contributed by atoms with Crippen LogP contribution in [0.1, 0.15) is 27.7 Å². The van der Waals surface area contributed by atoms with Crippen molar-refractivity contribution in [2.45, 2.75) is 51.7 Å². The number of nitrogens with one attached hydrogen (secondary N) is 1. The second-order valence-corrected chi connectivity index (χ2v) is 7.07.